The monoisotopic (exact) mass is 238 g/mol. The van der Waals surface area contributed by atoms with Crippen LogP contribution in [0.25, 0.3) is 0 Å². The molecule has 16 heavy (non-hydrogen) atoms. The molecule has 1 unspecified atom stereocenters. The molecule has 1 atom stereocenters. The van der Waals surface area contributed by atoms with E-state index in [1.807, 2.05) is 39.0 Å². The molecule has 86 valence electrons. The van der Waals surface area contributed by atoms with Crippen molar-refractivity contribution in [3.63, 3.8) is 0 Å². The fourth-order valence-electron chi connectivity index (χ4n) is 1.78. The third-order valence-electron chi connectivity index (χ3n) is 3.25. The highest BCUT2D eigenvalue weighted by Gasteiger charge is 2.49. The first-order valence-electron chi connectivity index (χ1n) is 5.37. The first-order valence-corrected chi connectivity index (χ1v) is 5.75. The van der Waals surface area contributed by atoms with E-state index in [-0.39, 0.29) is 17.3 Å². The van der Waals surface area contributed by atoms with Gasteiger partial charge in [0.05, 0.1) is 10.4 Å². The summed E-state index contributed by atoms with van der Waals surface area (Å²) in [5.41, 5.74) is 0.718. The summed E-state index contributed by atoms with van der Waals surface area (Å²) in [5, 5.41) is 0.598. The molecule has 0 spiro atoms. The molecule has 1 aliphatic carbocycles. The third kappa shape index (κ3) is 1.82. The first-order chi connectivity index (χ1) is 7.41. The number of carbonyl (C=O) groups is 1. The molecule has 1 aromatic rings. The van der Waals surface area contributed by atoms with Gasteiger partial charge in [-0.2, -0.15) is 0 Å². The molecule has 1 fully saturated rings. The summed E-state index contributed by atoms with van der Waals surface area (Å²) in [5.74, 6) is 0.925. The number of ether oxygens (including phenoxy) is 1. The minimum Gasteiger partial charge on any atom is -0.487 e. The van der Waals surface area contributed by atoms with Gasteiger partial charge >= 0.3 is 0 Å². The van der Waals surface area contributed by atoms with Crippen LogP contribution in [0.1, 0.15) is 25.8 Å². The smallest absolute Gasteiger partial charge is 0.145 e. The van der Waals surface area contributed by atoms with Crippen LogP contribution in [0.4, 0.5) is 0 Å². The van der Waals surface area contributed by atoms with Crippen molar-refractivity contribution in [2.45, 2.75) is 33.3 Å². The van der Waals surface area contributed by atoms with Gasteiger partial charge in [-0.3, -0.25) is 4.79 Å². The van der Waals surface area contributed by atoms with E-state index in [9.17, 15) is 4.79 Å². The molecule has 3 heteroatoms. The molecular weight excluding hydrogens is 224 g/mol. The normalized spacial score (nSPS) is 22.8. The lowest BCUT2D eigenvalue weighted by Crippen LogP contribution is -2.53. The van der Waals surface area contributed by atoms with Crippen molar-refractivity contribution in [3.05, 3.63) is 28.8 Å². The van der Waals surface area contributed by atoms with Gasteiger partial charge < -0.3 is 4.74 Å². The molecule has 2 rings (SSSR count). The highest BCUT2D eigenvalue weighted by molar-refractivity contribution is 6.32. The molecule has 0 heterocycles. The molecular formula is C13H15ClO2. The molecule has 1 aliphatic rings. The van der Waals surface area contributed by atoms with Crippen LogP contribution >= 0.6 is 11.6 Å². The Labute approximate surface area is 101 Å². The molecule has 2 nitrogen and oxygen atoms in total. The predicted octanol–water partition coefficient (Wildman–Crippen LogP) is 3.39. The standard InChI is InChI=1S/C13H15ClO2/c1-8-4-5-9(14)10(6-8)16-12-7-11(15)13(12,2)3/h4-6,12H,7H2,1-3H3. The summed E-state index contributed by atoms with van der Waals surface area (Å²) < 4.78 is 5.79. The fourth-order valence-corrected chi connectivity index (χ4v) is 1.94. The van der Waals surface area contributed by atoms with Gasteiger partial charge in [0.1, 0.15) is 17.6 Å². The van der Waals surface area contributed by atoms with E-state index in [4.69, 9.17) is 16.3 Å². The maximum Gasteiger partial charge on any atom is 0.145 e. The molecule has 0 aromatic heterocycles. The van der Waals surface area contributed by atoms with Crippen molar-refractivity contribution >= 4 is 17.4 Å². The van der Waals surface area contributed by atoms with Crippen molar-refractivity contribution in [2.75, 3.05) is 0 Å². The summed E-state index contributed by atoms with van der Waals surface area (Å²) in [4.78, 5) is 11.4. The van der Waals surface area contributed by atoms with Crippen LogP contribution in [-0.2, 0) is 4.79 Å². The van der Waals surface area contributed by atoms with Gasteiger partial charge in [-0.05, 0) is 38.5 Å². The second-order valence-electron chi connectivity index (χ2n) is 4.89. The Balaban J connectivity index is 2.16. The zero-order chi connectivity index (χ0) is 11.9. The van der Waals surface area contributed by atoms with Crippen LogP contribution in [0.15, 0.2) is 18.2 Å². The van der Waals surface area contributed by atoms with E-state index in [2.05, 4.69) is 0 Å². The SMILES string of the molecule is Cc1ccc(Cl)c(OC2CC(=O)C2(C)C)c1. The van der Waals surface area contributed by atoms with Crippen LogP contribution in [0.2, 0.25) is 5.02 Å². The zero-order valence-electron chi connectivity index (χ0n) is 9.71. The minimum atomic E-state index is -0.382. The zero-order valence-corrected chi connectivity index (χ0v) is 10.5. The summed E-state index contributed by atoms with van der Waals surface area (Å²) in [7, 11) is 0. The minimum absolute atomic E-state index is 0.0562. The largest absolute Gasteiger partial charge is 0.487 e. The average Bonchev–Trinajstić information content (AvgIpc) is 2.23. The summed E-state index contributed by atoms with van der Waals surface area (Å²) in [6, 6.07) is 5.66. The maximum atomic E-state index is 11.4. The van der Waals surface area contributed by atoms with Crippen molar-refractivity contribution in [1.29, 1.82) is 0 Å². The molecule has 0 saturated heterocycles. The van der Waals surface area contributed by atoms with Gasteiger partial charge in [0, 0.05) is 6.42 Å². The molecule has 1 saturated carbocycles. The lowest BCUT2D eigenvalue weighted by molar-refractivity contribution is -0.148. The van der Waals surface area contributed by atoms with E-state index in [0.717, 1.165) is 5.56 Å². The van der Waals surface area contributed by atoms with Crippen molar-refractivity contribution < 1.29 is 9.53 Å². The molecule has 0 amide bonds. The predicted molar refractivity (Wildman–Crippen MR) is 64.0 cm³/mol. The molecule has 1 aromatic carbocycles. The maximum absolute atomic E-state index is 11.4. The Hall–Kier alpha value is -1.02. The Morgan fingerprint density at radius 3 is 2.69 bits per heavy atom. The number of Topliss-reactive ketones (excluding diaryl/α,β-unsaturated/α-hetero) is 1. The van der Waals surface area contributed by atoms with Crippen LogP contribution in [0.5, 0.6) is 5.75 Å². The van der Waals surface area contributed by atoms with Crippen molar-refractivity contribution in [2.24, 2.45) is 5.41 Å². The number of halogens is 1. The summed E-state index contributed by atoms with van der Waals surface area (Å²) >= 11 is 6.04. The highest BCUT2D eigenvalue weighted by atomic mass is 35.5. The van der Waals surface area contributed by atoms with E-state index >= 15 is 0 Å². The average molecular weight is 239 g/mol. The Morgan fingerprint density at radius 2 is 2.12 bits per heavy atom. The van der Waals surface area contributed by atoms with Gasteiger partial charge in [-0.15, -0.1) is 0 Å². The van der Waals surface area contributed by atoms with Crippen LogP contribution < -0.4 is 4.74 Å². The van der Waals surface area contributed by atoms with Crippen LogP contribution in [0.3, 0.4) is 0 Å². The lowest BCUT2D eigenvalue weighted by Gasteiger charge is -2.42. The third-order valence-corrected chi connectivity index (χ3v) is 3.56. The van der Waals surface area contributed by atoms with Crippen LogP contribution in [0, 0.1) is 12.3 Å². The molecule has 0 bridgehead atoms. The van der Waals surface area contributed by atoms with Gasteiger partial charge in [-0.25, -0.2) is 0 Å². The Kier molecular flexibility index (Phi) is 2.70. The number of hydrogen-bond acceptors (Lipinski definition) is 2. The van der Waals surface area contributed by atoms with E-state index in [1.165, 1.54) is 0 Å². The van der Waals surface area contributed by atoms with E-state index < -0.39 is 0 Å². The molecule has 0 radical (unpaired) electrons. The lowest BCUT2D eigenvalue weighted by atomic mass is 9.68. The quantitative estimate of drug-likeness (QED) is 0.790. The Morgan fingerprint density at radius 1 is 1.44 bits per heavy atom. The number of hydrogen-bond donors (Lipinski definition) is 0. The van der Waals surface area contributed by atoms with Gasteiger partial charge in [0.25, 0.3) is 0 Å². The van der Waals surface area contributed by atoms with E-state index in [0.29, 0.717) is 17.2 Å². The second-order valence-corrected chi connectivity index (χ2v) is 5.30. The number of aryl methyl sites for hydroxylation is 1. The topological polar surface area (TPSA) is 26.3 Å². The number of ketones is 1. The van der Waals surface area contributed by atoms with Gasteiger partial charge in [-0.1, -0.05) is 17.7 Å². The summed E-state index contributed by atoms with van der Waals surface area (Å²) in [6.07, 6.45) is 0.427. The van der Waals surface area contributed by atoms with Gasteiger partial charge in [0.15, 0.2) is 0 Å². The fraction of sp³-hybridized carbons (Fsp3) is 0.462. The van der Waals surface area contributed by atoms with E-state index in [1.54, 1.807) is 0 Å². The number of benzene rings is 1. The van der Waals surface area contributed by atoms with Crippen molar-refractivity contribution in [3.8, 4) is 5.75 Å². The summed E-state index contributed by atoms with van der Waals surface area (Å²) in [6.45, 7) is 5.81. The molecule has 0 aliphatic heterocycles. The molecule has 0 N–H and O–H groups in total. The second kappa shape index (κ2) is 3.77. The van der Waals surface area contributed by atoms with Crippen LogP contribution in [-0.4, -0.2) is 11.9 Å². The Bertz CT molecular complexity index is 438. The number of carbonyl (C=O) groups excluding carboxylic acids is 1. The van der Waals surface area contributed by atoms with Crippen molar-refractivity contribution in [1.82, 2.24) is 0 Å². The highest BCUT2D eigenvalue weighted by Crippen LogP contribution is 2.40. The van der Waals surface area contributed by atoms with Gasteiger partial charge in [0.2, 0.25) is 0 Å². The first kappa shape index (κ1) is 11.5. The number of rotatable bonds is 2.